The molecule has 4 aliphatic rings. The Hall–Kier alpha value is -0.970. The smallest absolute Gasteiger partial charge is 0.0930 e. The highest BCUT2D eigenvalue weighted by atomic mass is 15.0. The second-order valence-electron chi connectivity index (χ2n) is 6.06. The van der Waals surface area contributed by atoms with Gasteiger partial charge in [0.15, 0.2) is 0 Å². The quantitative estimate of drug-likeness (QED) is 0.720. The van der Waals surface area contributed by atoms with Gasteiger partial charge in [-0.25, -0.2) is 0 Å². The third-order valence-corrected chi connectivity index (χ3v) is 4.90. The average Bonchev–Trinajstić information content (AvgIpc) is 2.23. The van der Waals surface area contributed by atoms with Crippen molar-refractivity contribution in [3.63, 3.8) is 0 Å². The van der Waals surface area contributed by atoms with Gasteiger partial charge in [0.05, 0.1) is 6.07 Å². The second-order valence-corrected chi connectivity index (χ2v) is 6.06. The van der Waals surface area contributed by atoms with E-state index in [1.807, 2.05) is 6.92 Å². The minimum Gasteiger partial charge on any atom is -0.385 e. The van der Waals surface area contributed by atoms with Gasteiger partial charge in [-0.1, -0.05) is 0 Å². The summed E-state index contributed by atoms with van der Waals surface area (Å²) in [5.74, 6) is 3.83. The predicted molar refractivity (Wildman–Crippen MR) is 63.3 cm³/mol. The Kier molecular flexibility index (Phi) is 2.42. The minimum atomic E-state index is 0.664. The van der Waals surface area contributed by atoms with E-state index >= 15 is 0 Å². The summed E-state index contributed by atoms with van der Waals surface area (Å²) in [6, 6.07) is 2.78. The molecule has 0 unspecified atom stereocenters. The normalized spacial score (nSPS) is 45.5. The highest BCUT2D eigenvalue weighted by molar-refractivity contribution is 5.12. The van der Waals surface area contributed by atoms with E-state index in [4.69, 9.17) is 5.26 Å². The van der Waals surface area contributed by atoms with Crippen LogP contribution in [0, 0.1) is 35.0 Å². The van der Waals surface area contributed by atoms with Gasteiger partial charge in [0.1, 0.15) is 0 Å². The maximum absolute atomic E-state index is 8.65. The first-order chi connectivity index (χ1) is 7.76. The van der Waals surface area contributed by atoms with Crippen molar-refractivity contribution in [2.24, 2.45) is 23.7 Å². The number of nitriles is 1. The van der Waals surface area contributed by atoms with Crippen LogP contribution in [0.4, 0.5) is 0 Å². The molecule has 2 nitrogen and oxygen atoms in total. The highest BCUT2D eigenvalue weighted by Crippen LogP contribution is 2.53. The fraction of sp³-hybridized carbons (Fsp3) is 0.786. The number of rotatable bonds is 2. The summed E-state index contributed by atoms with van der Waals surface area (Å²) in [7, 11) is 0. The zero-order valence-corrected chi connectivity index (χ0v) is 9.95. The molecule has 4 bridgehead atoms. The minimum absolute atomic E-state index is 0.664. The number of allylic oxidation sites excluding steroid dienone is 2. The van der Waals surface area contributed by atoms with Crippen LogP contribution >= 0.6 is 0 Å². The summed E-state index contributed by atoms with van der Waals surface area (Å²) in [6.07, 6.45) is 8.89. The van der Waals surface area contributed by atoms with Gasteiger partial charge in [-0.3, -0.25) is 0 Å². The molecule has 0 amide bonds. The molecule has 4 rings (SSSR count). The van der Waals surface area contributed by atoms with Crippen molar-refractivity contribution in [1.82, 2.24) is 5.32 Å². The summed E-state index contributed by atoms with van der Waals surface area (Å²) in [6.45, 7) is 2.02. The first-order valence-corrected chi connectivity index (χ1v) is 6.59. The molecule has 0 aromatic heterocycles. The van der Waals surface area contributed by atoms with Crippen molar-refractivity contribution in [2.45, 2.75) is 45.1 Å². The molecular formula is C14H20N2. The van der Waals surface area contributed by atoms with E-state index in [0.717, 1.165) is 29.4 Å². The molecule has 0 aromatic rings. The molecule has 0 spiro atoms. The maximum atomic E-state index is 8.65. The molecule has 0 atom stereocenters. The summed E-state index contributed by atoms with van der Waals surface area (Å²) in [5, 5.41) is 12.3. The van der Waals surface area contributed by atoms with Crippen LogP contribution in [0.2, 0.25) is 0 Å². The van der Waals surface area contributed by atoms with Crippen molar-refractivity contribution >= 4 is 0 Å². The molecule has 2 heteroatoms. The van der Waals surface area contributed by atoms with Crippen LogP contribution in [0.5, 0.6) is 0 Å². The van der Waals surface area contributed by atoms with E-state index < -0.39 is 0 Å². The average molecular weight is 216 g/mol. The SMILES string of the molecule is C/C(=C\C#N)NC1C2CC3CC(C2)CC1C3. The Labute approximate surface area is 97.7 Å². The Morgan fingerprint density at radius 3 is 2.19 bits per heavy atom. The van der Waals surface area contributed by atoms with Gasteiger partial charge in [-0.15, -0.1) is 0 Å². The van der Waals surface area contributed by atoms with Crippen LogP contribution in [-0.4, -0.2) is 6.04 Å². The number of hydrogen-bond donors (Lipinski definition) is 1. The van der Waals surface area contributed by atoms with E-state index in [1.54, 1.807) is 6.08 Å². The Balaban J connectivity index is 1.73. The van der Waals surface area contributed by atoms with Gasteiger partial charge in [0.2, 0.25) is 0 Å². The number of nitrogens with zero attached hydrogens (tertiary/aromatic N) is 1. The second kappa shape index (κ2) is 3.80. The molecule has 16 heavy (non-hydrogen) atoms. The van der Waals surface area contributed by atoms with E-state index in [0.29, 0.717) is 6.04 Å². The zero-order valence-electron chi connectivity index (χ0n) is 9.95. The number of hydrogen-bond acceptors (Lipinski definition) is 2. The van der Waals surface area contributed by atoms with E-state index in [9.17, 15) is 0 Å². The predicted octanol–water partition coefficient (Wildman–Crippen LogP) is 2.83. The lowest BCUT2D eigenvalue weighted by molar-refractivity contribution is -0.0101. The van der Waals surface area contributed by atoms with Gasteiger partial charge in [0.25, 0.3) is 0 Å². The van der Waals surface area contributed by atoms with Gasteiger partial charge >= 0.3 is 0 Å². The Morgan fingerprint density at radius 2 is 1.69 bits per heavy atom. The highest BCUT2D eigenvalue weighted by Gasteiger charge is 2.48. The fourth-order valence-corrected chi connectivity index (χ4v) is 4.56. The molecule has 0 aromatic carbocycles. The third kappa shape index (κ3) is 1.63. The molecule has 86 valence electrons. The van der Waals surface area contributed by atoms with Gasteiger partial charge in [-0.05, 0) is 62.7 Å². The molecule has 0 saturated heterocycles. The summed E-state index contributed by atoms with van der Waals surface area (Å²) < 4.78 is 0. The fourth-order valence-electron chi connectivity index (χ4n) is 4.56. The summed E-state index contributed by atoms with van der Waals surface area (Å²) in [4.78, 5) is 0. The van der Waals surface area contributed by atoms with E-state index in [-0.39, 0.29) is 0 Å². The number of nitrogens with one attached hydrogen (secondary N) is 1. The Morgan fingerprint density at radius 1 is 1.12 bits per heavy atom. The van der Waals surface area contributed by atoms with Crippen LogP contribution in [-0.2, 0) is 0 Å². The van der Waals surface area contributed by atoms with Gasteiger partial charge in [-0.2, -0.15) is 5.26 Å². The van der Waals surface area contributed by atoms with Crippen molar-refractivity contribution in [3.05, 3.63) is 11.8 Å². The molecular weight excluding hydrogens is 196 g/mol. The lowest BCUT2D eigenvalue weighted by Gasteiger charge is -2.54. The zero-order chi connectivity index (χ0) is 11.1. The molecule has 0 aliphatic heterocycles. The van der Waals surface area contributed by atoms with Gasteiger partial charge < -0.3 is 5.32 Å². The Bertz CT molecular complexity index is 322. The third-order valence-electron chi connectivity index (χ3n) is 4.90. The molecule has 0 radical (unpaired) electrons. The standard InChI is InChI=1S/C14H20N2/c1-9(2-3-15)16-14-12-5-10-4-11(7-12)8-13(14)6-10/h2,10-14,16H,4-8H2,1H3/b9-2+. The molecule has 4 saturated carbocycles. The van der Waals surface area contributed by atoms with Crippen LogP contribution in [0.3, 0.4) is 0 Å². The van der Waals surface area contributed by atoms with Crippen molar-refractivity contribution < 1.29 is 0 Å². The van der Waals surface area contributed by atoms with Gasteiger partial charge in [0, 0.05) is 17.8 Å². The van der Waals surface area contributed by atoms with Crippen LogP contribution in [0.15, 0.2) is 11.8 Å². The lowest BCUT2D eigenvalue weighted by Crippen LogP contribution is -2.53. The first kappa shape index (κ1) is 10.2. The monoisotopic (exact) mass is 216 g/mol. The lowest BCUT2D eigenvalue weighted by atomic mass is 9.54. The van der Waals surface area contributed by atoms with E-state index in [1.165, 1.54) is 32.1 Å². The summed E-state index contributed by atoms with van der Waals surface area (Å²) in [5.41, 5.74) is 1.06. The van der Waals surface area contributed by atoms with Crippen LogP contribution in [0.1, 0.15) is 39.0 Å². The first-order valence-electron chi connectivity index (χ1n) is 6.59. The van der Waals surface area contributed by atoms with Crippen LogP contribution < -0.4 is 5.32 Å². The molecule has 4 aliphatic carbocycles. The summed E-state index contributed by atoms with van der Waals surface area (Å²) >= 11 is 0. The topological polar surface area (TPSA) is 35.8 Å². The largest absolute Gasteiger partial charge is 0.385 e. The molecule has 4 fully saturated rings. The van der Waals surface area contributed by atoms with Crippen molar-refractivity contribution in [3.8, 4) is 6.07 Å². The van der Waals surface area contributed by atoms with Crippen molar-refractivity contribution in [1.29, 1.82) is 5.26 Å². The van der Waals surface area contributed by atoms with Crippen LogP contribution in [0.25, 0.3) is 0 Å². The van der Waals surface area contributed by atoms with Crippen molar-refractivity contribution in [2.75, 3.05) is 0 Å². The molecule has 1 N–H and O–H groups in total. The molecule has 0 heterocycles. The van der Waals surface area contributed by atoms with E-state index in [2.05, 4.69) is 11.4 Å². The maximum Gasteiger partial charge on any atom is 0.0930 e.